The second kappa shape index (κ2) is 7.41. The summed E-state index contributed by atoms with van der Waals surface area (Å²) < 4.78 is 2.11. The third-order valence-corrected chi connectivity index (χ3v) is 5.22. The number of aryl methyl sites for hydroxylation is 1. The average Bonchev–Trinajstić information content (AvgIpc) is 2.84. The van der Waals surface area contributed by atoms with Crippen molar-refractivity contribution in [1.29, 1.82) is 0 Å². The fraction of sp³-hybridized carbons (Fsp3) is 0.824. The van der Waals surface area contributed by atoms with E-state index in [2.05, 4.69) is 54.8 Å². The van der Waals surface area contributed by atoms with Gasteiger partial charge < -0.3 is 9.88 Å². The molecule has 4 nitrogen and oxygen atoms in total. The molecule has 1 aromatic rings. The van der Waals surface area contributed by atoms with Crippen molar-refractivity contribution in [3.63, 3.8) is 0 Å². The van der Waals surface area contributed by atoms with Crippen molar-refractivity contribution >= 4 is 0 Å². The van der Waals surface area contributed by atoms with Gasteiger partial charge in [0.15, 0.2) is 0 Å². The Kier molecular flexibility index (Phi) is 5.82. The van der Waals surface area contributed by atoms with Crippen LogP contribution in [-0.2, 0) is 13.6 Å². The molecule has 0 saturated heterocycles. The third-order valence-electron chi connectivity index (χ3n) is 5.22. The van der Waals surface area contributed by atoms with Gasteiger partial charge in [-0.1, -0.05) is 13.8 Å². The van der Waals surface area contributed by atoms with Gasteiger partial charge in [0.2, 0.25) is 0 Å². The van der Waals surface area contributed by atoms with E-state index < -0.39 is 0 Å². The first kappa shape index (κ1) is 16.5. The molecule has 4 heteroatoms. The lowest BCUT2D eigenvalue weighted by Crippen LogP contribution is -2.44. The van der Waals surface area contributed by atoms with Crippen LogP contribution in [0.15, 0.2) is 12.4 Å². The molecule has 0 amide bonds. The minimum absolute atomic E-state index is 0.670. The predicted octanol–water partition coefficient (Wildman–Crippen LogP) is 2.51. The molecule has 2 rings (SSSR count). The highest BCUT2D eigenvalue weighted by Crippen LogP contribution is 2.34. The predicted molar refractivity (Wildman–Crippen MR) is 88.1 cm³/mol. The van der Waals surface area contributed by atoms with E-state index in [1.54, 1.807) is 0 Å². The minimum atomic E-state index is 0.670. The first-order valence-corrected chi connectivity index (χ1v) is 8.33. The molecule has 1 N–H and O–H groups in total. The van der Waals surface area contributed by atoms with Gasteiger partial charge in [0.05, 0.1) is 6.54 Å². The highest BCUT2D eigenvalue weighted by atomic mass is 15.2. The maximum atomic E-state index is 4.44. The quantitative estimate of drug-likeness (QED) is 0.874. The van der Waals surface area contributed by atoms with Crippen molar-refractivity contribution in [3.8, 4) is 0 Å². The van der Waals surface area contributed by atoms with E-state index in [0.717, 1.165) is 36.7 Å². The number of aromatic nitrogens is 2. The summed E-state index contributed by atoms with van der Waals surface area (Å²) in [5.41, 5.74) is 0. The van der Waals surface area contributed by atoms with Gasteiger partial charge in [-0.2, -0.15) is 0 Å². The zero-order valence-corrected chi connectivity index (χ0v) is 14.3. The molecule has 1 aromatic heterocycles. The molecule has 0 spiro atoms. The van der Waals surface area contributed by atoms with E-state index in [9.17, 15) is 0 Å². The number of imidazole rings is 1. The highest BCUT2D eigenvalue weighted by molar-refractivity contribution is 4.92. The van der Waals surface area contributed by atoms with Crippen LogP contribution in [0.25, 0.3) is 0 Å². The largest absolute Gasteiger partial charge is 0.337 e. The van der Waals surface area contributed by atoms with Crippen LogP contribution in [0.4, 0.5) is 0 Å². The summed E-state index contributed by atoms with van der Waals surface area (Å²) in [5, 5.41) is 3.54. The van der Waals surface area contributed by atoms with Crippen LogP contribution in [0.5, 0.6) is 0 Å². The Morgan fingerprint density at radius 2 is 2.19 bits per heavy atom. The smallest absolute Gasteiger partial charge is 0.122 e. The van der Waals surface area contributed by atoms with Crippen molar-refractivity contribution in [2.45, 2.75) is 45.7 Å². The van der Waals surface area contributed by atoms with Crippen molar-refractivity contribution in [3.05, 3.63) is 18.2 Å². The highest BCUT2D eigenvalue weighted by Gasteiger charge is 2.31. The second-order valence-corrected chi connectivity index (χ2v) is 7.12. The fourth-order valence-corrected chi connectivity index (χ4v) is 3.74. The Labute approximate surface area is 129 Å². The molecule has 1 heterocycles. The monoisotopic (exact) mass is 292 g/mol. The zero-order chi connectivity index (χ0) is 15.4. The maximum absolute atomic E-state index is 4.44. The Hall–Kier alpha value is -0.870. The molecule has 1 aliphatic rings. The number of nitrogens with one attached hydrogen (secondary N) is 1. The van der Waals surface area contributed by atoms with Crippen LogP contribution in [0.3, 0.4) is 0 Å². The number of hydrogen-bond acceptors (Lipinski definition) is 3. The van der Waals surface area contributed by atoms with Gasteiger partial charge in [0, 0.05) is 32.0 Å². The summed E-state index contributed by atoms with van der Waals surface area (Å²) in [6, 6.07) is 0.670. The Morgan fingerprint density at radius 3 is 2.76 bits per heavy atom. The Bertz CT molecular complexity index is 426. The molecule has 120 valence electrons. The van der Waals surface area contributed by atoms with Crippen LogP contribution >= 0.6 is 0 Å². The summed E-state index contributed by atoms with van der Waals surface area (Å²) in [6.45, 7) is 6.84. The number of rotatable bonds is 6. The molecule has 3 unspecified atom stereocenters. The van der Waals surface area contributed by atoms with E-state index in [1.807, 2.05) is 12.4 Å². The summed E-state index contributed by atoms with van der Waals surface area (Å²) in [7, 11) is 6.41. The van der Waals surface area contributed by atoms with E-state index >= 15 is 0 Å². The van der Waals surface area contributed by atoms with Gasteiger partial charge in [-0.3, -0.25) is 4.90 Å². The van der Waals surface area contributed by atoms with Crippen molar-refractivity contribution in [1.82, 2.24) is 19.8 Å². The second-order valence-electron chi connectivity index (χ2n) is 7.12. The van der Waals surface area contributed by atoms with Crippen molar-refractivity contribution in [2.75, 3.05) is 20.6 Å². The molecule has 0 radical (unpaired) electrons. The van der Waals surface area contributed by atoms with E-state index in [4.69, 9.17) is 0 Å². The summed E-state index contributed by atoms with van der Waals surface area (Å²) in [5.74, 6) is 3.60. The van der Waals surface area contributed by atoms with Gasteiger partial charge in [-0.25, -0.2) is 4.98 Å². The van der Waals surface area contributed by atoms with Crippen LogP contribution in [0.2, 0.25) is 0 Å². The van der Waals surface area contributed by atoms with Crippen LogP contribution < -0.4 is 5.32 Å². The topological polar surface area (TPSA) is 33.1 Å². The molecule has 1 aliphatic carbocycles. The normalized spacial score (nSPS) is 26.7. The Balaban J connectivity index is 1.93. The molecule has 21 heavy (non-hydrogen) atoms. The first-order chi connectivity index (χ1) is 10.0. The SMILES string of the molecule is CNC1CCC(C(C)C)CC1CN(C)Cc1nccn1C. The average molecular weight is 292 g/mol. The van der Waals surface area contributed by atoms with Gasteiger partial charge >= 0.3 is 0 Å². The molecule has 0 aliphatic heterocycles. The number of hydrogen-bond donors (Lipinski definition) is 1. The molecule has 0 bridgehead atoms. The van der Waals surface area contributed by atoms with E-state index in [0.29, 0.717) is 6.04 Å². The zero-order valence-electron chi connectivity index (χ0n) is 14.3. The minimum Gasteiger partial charge on any atom is -0.337 e. The van der Waals surface area contributed by atoms with Crippen molar-refractivity contribution in [2.24, 2.45) is 24.8 Å². The maximum Gasteiger partial charge on any atom is 0.122 e. The molecule has 1 fully saturated rings. The molecular formula is C17H32N4. The first-order valence-electron chi connectivity index (χ1n) is 8.33. The van der Waals surface area contributed by atoms with E-state index in [1.165, 1.54) is 19.3 Å². The molecule has 1 saturated carbocycles. The van der Waals surface area contributed by atoms with Crippen molar-refractivity contribution < 1.29 is 0 Å². The lowest BCUT2D eigenvalue weighted by molar-refractivity contribution is 0.132. The van der Waals surface area contributed by atoms with Gasteiger partial charge in [-0.05, 0) is 51.1 Å². The molecule has 3 atom stereocenters. The molecular weight excluding hydrogens is 260 g/mol. The summed E-state index contributed by atoms with van der Waals surface area (Å²) >= 11 is 0. The van der Waals surface area contributed by atoms with E-state index in [-0.39, 0.29) is 0 Å². The summed E-state index contributed by atoms with van der Waals surface area (Å²) in [6.07, 6.45) is 7.96. The Morgan fingerprint density at radius 1 is 1.43 bits per heavy atom. The van der Waals surface area contributed by atoms with Crippen LogP contribution in [-0.4, -0.2) is 41.1 Å². The lowest BCUT2D eigenvalue weighted by Gasteiger charge is -2.39. The standard InChI is InChI=1S/C17H32N4/c1-13(2)14-6-7-16(18-3)15(10-14)11-20(4)12-17-19-8-9-21(17)5/h8-9,13-16,18H,6-7,10-12H2,1-5H3. The van der Waals surface area contributed by atoms with Gasteiger partial charge in [-0.15, -0.1) is 0 Å². The molecule has 0 aromatic carbocycles. The van der Waals surface area contributed by atoms with Crippen LogP contribution in [0.1, 0.15) is 38.9 Å². The third kappa shape index (κ3) is 4.30. The summed E-state index contributed by atoms with van der Waals surface area (Å²) in [4.78, 5) is 6.87. The number of nitrogens with zero attached hydrogens (tertiary/aromatic N) is 3. The van der Waals surface area contributed by atoms with Gasteiger partial charge in [0.1, 0.15) is 5.82 Å². The van der Waals surface area contributed by atoms with Crippen LogP contribution in [0, 0.1) is 17.8 Å². The lowest BCUT2D eigenvalue weighted by atomic mass is 9.73. The fourth-order valence-electron chi connectivity index (χ4n) is 3.74. The van der Waals surface area contributed by atoms with Gasteiger partial charge in [0.25, 0.3) is 0 Å².